The van der Waals surface area contributed by atoms with E-state index in [-0.39, 0.29) is 0 Å². The van der Waals surface area contributed by atoms with Crippen molar-refractivity contribution in [1.82, 2.24) is 0 Å². The zero-order chi connectivity index (χ0) is 25.1. The van der Waals surface area contributed by atoms with E-state index in [1.165, 1.54) is 76.1 Å². The molecule has 0 unspecified atom stereocenters. The van der Waals surface area contributed by atoms with Gasteiger partial charge in [0.25, 0.3) is 0 Å². The van der Waals surface area contributed by atoms with Crippen LogP contribution in [-0.4, -0.2) is 0 Å². The van der Waals surface area contributed by atoms with E-state index in [1.807, 2.05) is 0 Å². The van der Waals surface area contributed by atoms with Crippen LogP contribution in [0.5, 0.6) is 0 Å². The maximum Gasteiger partial charge on any atom is -0.00199 e. The van der Waals surface area contributed by atoms with E-state index in [2.05, 4.69) is 146 Å². The van der Waals surface area contributed by atoms with Crippen LogP contribution in [0.2, 0.25) is 0 Å². The first-order valence-corrected chi connectivity index (χ1v) is 13.2. The fourth-order valence-electron chi connectivity index (χ4n) is 6.33. The quantitative estimate of drug-likeness (QED) is 0.170. The molecule has 8 aromatic carbocycles. The van der Waals surface area contributed by atoms with Crippen molar-refractivity contribution in [3.63, 3.8) is 0 Å². The molecule has 0 aliphatic rings. The number of rotatable bonds is 2. The van der Waals surface area contributed by atoms with Crippen molar-refractivity contribution in [2.75, 3.05) is 0 Å². The highest BCUT2D eigenvalue weighted by molar-refractivity contribution is 6.30. The Morgan fingerprint density at radius 2 is 0.842 bits per heavy atom. The molecule has 0 radical (unpaired) electrons. The van der Waals surface area contributed by atoms with Crippen LogP contribution in [-0.2, 0) is 0 Å². The minimum atomic E-state index is 1.24. The van der Waals surface area contributed by atoms with E-state index >= 15 is 0 Å². The van der Waals surface area contributed by atoms with E-state index in [0.29, 0.717) is 0 Å². The predicted molar refractivity (Wildman–Crippen MR) is 165 cm³/mol. The van der Waals surface area contributed by atoms with E-state index in [0.717, 1.165) is 0 Å². The minimum Gasteiger partial charge on any atom is -0.0622 e. The molecular weight excluding hydrogens is 456 g/mol. The van der Waals surface area contributed by atoms with Crippen LogP contribution in [0.3, 0.4) is 0 Å². The average molecular weight is 481 g/mol. The third-order valence-electron chi connectivity index (χ3n) is 8.01. The molecule has 0 spiro atoms. The normalized spacial score (nSPS) is 11.7. The van der Waals surface area contributed by atoms with Gasteiger partial charge >= 0.3 is 0 Å². The second-order valence-electron chi connectivity index (χ2n) is 10.1. The Balaban J connectivity index is 1.61. The predicted octanol–water partition coefficient (Wildman–Crippen LogP) is 10.8. The fourth-order valence-corrected chi connectivity index (χ4v) is 6.33. The number of hydrogen-bond donors (Lipinski definition) is 0. The summed E-state index contributed by atoms with van der Waals surface area (Å²) < 4.78 is 0. The first-order valence-electron chi connectivity index (χ1n) is 13.2. The third kappa shape index (κ3) is 3.11. The lowest BCUT2D eigenvalue weighted by Crippen LogP contribution is -1.92. The summed E-state index contributed by atoms with van der Waals surface area (Å²) in [6.07, 6.45) is 0. The minimum absolute atomic E-state index is 1.24. The molecule has 0 amide bonds. The summed E-state index contributed by atoms with van der Waals surface area (Å²) >= 11 is 0. The Hall–Kier alpha value is -4.94. The molecule has 0 aromatic heterocycles. The lowest BCUT2D eigenvalue weighted by molar-refractivity contribution is 1.63. The van der Waals surface area contributed by atoms with Gasteiger partial charge in [-0.3, -0.25) is 0 Å². The highest BCUT2D eigenvalue weighted by Crippen LogP contribution is 2.45. The van der Waals surface area contributed by atoms with Crippen molar-refractivity contribution in [1.29, 1.82) is 0 Å². The molecule has 0 bridgehead atoms. The monoisotopic (exact) mass is 480 g/mol. The van der Waals surface area contributed by atoms with Crippen molar-refractivity contribution in [3.05, 3.63) is 146 Å². The Morgan fingerprint density at radius 3 is 1.55 bits per heavy atom. The number of hydrogen-bond acceptors (Lipinski definition) is 0. The number of benzene rings is 8. The lowest BCUT2D eigenvalue weighted by Gasteiger charge is -2.19. The van der Waals surface area contributed by atoms with Crippen LogP contribution in [0.25, 0.3) is 76.1 Å². The van der Waals surface area contributed by atoms with E-state index in [9.17, 15) is 0 Å². The highest BCUT2D eigenvalue weighted by atomic mass is 14.2. The van der Waals surface area contributed by atoms with E-state index in [4.69, 9.17) is 0 Å². The lowest BCUT2D eigenvalue weighted by atomic mass is 9.84. The molecule has 0 nitrogen and oxygen atoms in total. The molecular formula is C38H24. The molecule has 0 saturated carbocycles. The van der Waals surface area contributed by atoms with Gasteiger partial charge in [-0.05, 0) is 88.2 Å². The van der Waals surface area contributed by atoms with Crippen LogP contribution in [0.15, 0.2) is 146 Å². The molecule has 0 heteroatoms. The van der Waals surface area contributed by atoms with Crippen molar-refractivity contribution in [2.45, 2.75) is 0 Å². The van der Waals surface area contributed by atoms with Crippen LogP contribution in [0.4, 0.5) is 0 Å². The summed E-state index contributed by atoms with van der Waals surface area (Å²) in [7, 11) is 0. The molecule has 0 aliphatic heterocycles. The van der Waals surface area contributed by atoms with Crippen molar-refractivity contribution >= 4 is 53.9 Å². The van der Waals surface area contributed by atoms with Crippen molar-refractivity contribution in [2.24, 2.45) is 0 Å². The van der Waals surface area contributed by atoms with Gasteiger partial charge in [0.1, 0.15) is 0 Å². The molecule has 0 aliphatic carbocycles. The van der Waals surface area contributed by atoms with Crippen LogP contribution in [0, 0.1) is 0 Å². The van der Waals surface area contributed by atoms with Gasteiger partial charge in [0.2, 0.25) is 0 Å². The summed E-state index contributed by atoms with van der Waals surface area (Å²) in [4.78, 5) is 0. The summed E-state index contributed by atoms with van der Waals surface area (Å²) in [5.74, 6) is 0. The van der Waals surface area contributed by atoms with Gasteiger partial charge in [0, 0.05) is 0 Å². The van der Waals surface area contributed by atoms with Gasteiger partial charge in [-0.2, -0.15) is 0 Å². The standard InChI is InChI=1S/C38H24/c1-2-11-25(12-3-1)29-22-21-28-23-26-13-4-5-14-27(26)24-36(28)37(29)35-20-10-19-34-32-16-7-6-15-30(32)31-17-8-9-18-33(31)38(34)35/h1-24H. The first kappa shape index (κ1) is 21.2. The molecule has 0 fully saturated rings. The van der Waals surface area contributed by atoms with Crippen LogP contribution >= 0.6 is 0 Å². The van der Waals surface area contributed by atoms with Crippen molar-refractivity contribution < 1.29 is 0 Å². The Kier molecular flexibility index (Phi) is 4.62. The molecule has 176 valence electrons. The molecule has 0 saturated heterocycles. The fraction of sp³-hybridized carbons (Fsp3) is 0. The summed E-state index contributed by atoms with van der Waals surface area (Å²) in [6, 6.07) is 53.3. The zero-order valence-electron chi connectivity index (χ0n) is 20.9. The van der Waals surface area contributed by atoms with Gasteiger partial charge in [0.15, 0.2) is 0 Å². The SMILES string of the molecule is c1ccc(-c2ccc3cc4ccccc4cc3c2-c2cccc3c4ccccc4c4ccccc4c23)cc1. The second kappa shape index (κ2) is 8.30. The topological polar surface area (TPSA) is 0 Å². The van der Waals surface area contributed by atoms with Gasteiger partial charge in [-0.15, -0.1) is 0 Å². The van der Waals surface area contributed by atoms with Gasteiger partial charge in [0.05, 0.1) is 0 Å². The molecule has 0 N–H and O–H groups in total. The van der Waals surface area contributed by atoms with Gasteiger partial charge in [-0.1, -0.05) is 133 Å². The van der Waals surface area contributed by atoms with E-state index in [1.54, 1.807) is 0 Å². The summed E-state index contributed by atoms with van der Waals surface area (Å²) in [6.45, 7) is 0. The van der Waals surface area contributed by atoms with Crippen LogP contribution in [0.1, 0.15) is 0 Å². The largest absolute Gasteiger partial charge is 0.0622 e. The first-order chi connectivity index (χ1) is 18.9. The van der Waals surface area contributed by atoms with Gasteiger partial charge < -0.3 is 0 Å². The molecule has 0 heterocycles. The zero-order valence-corrected chi connectivity index (χ0v) is 20.9. The van der Waals surface area contributed by atoms with Crippen LogP contribution < -0.4 is 0 Å². The molecule has 0 atom stereocenters. The highest BCUT2D eigenvalue weighted by Gasteiger charge is 2.18. The second-order valence-corrected chi connectivity index (χ2v) is 10.1. The molecule has 38 heavy (non-hydrogen) atoms. The number of fused-ring (bicyclic) bond motifs is 8. The summed E-state index contributed by atoms with van der Waals surface area (Å²) in [5, 5.41) is 12.9. The average Bonchev–Trinajstić information content (AvgIpc) is 3.00. The molecule has 8 rings (SSSR count). The third-order valence-corrected chi connectivity index (χ3v) is 8.01. The maximum atomic E-state index is 2.38. The Morgan fingerprint density at radius 1 is 0.289 bits per heavy atom. The van der Waals surface area contributed by atoms with Gasteiger partial charge in [-0.25, -0.2) is 0 Å². The summed E-state index contributed by atoms with van der Waals surface area (Å²) in [5.41, 5.74) is 5.08. The maximum absolute atomic E-state index is 2.38. The Bertz CT molecular complexity index is 2120. The smallest absolute Gasteiger partial charge is 0.00199 e. The van der Waals surface area contributed by atoms with E-state index < -0.39 is 0 Å². The molecule has 8 aromatic rings. The Labute approximate surface area is 221 Å². The van der Waals surface area contributed by atoms with Crippen molar-refractivity contribution in [3.8, 4) is 22.3 Å².